The predicted molar refractivity (Wildman–Crippen MR) is 117 cm³/mol. The molecule has 2 aliphatic rings. The molecule has 0 unspecified atom stereocenters. The average Bonchev–Trinajstić information content (AvgIpc) is 3.58. The summed E-state index contributed by atoms with van der Waals surface area (Å²) in [5, 5.41) is 93.7. The van der Waals surface area contributed by atoms with Gasteiger partial charge >= 0.3 is 0 Å². The summed E-state index contributed by atoms with van der Waals surface area (Å²) >= 11 is 0. The number of aliphatic hydroxyl groups is 8. The maximum Gasteiger partial charge on any atom is 0.187 e. The zero-order valence-corrected chi connectivity index (χ0v) is 20.1. The molecule has 18 heteroatoms. The lowest BCUT2D eigenvalue weighted by Gasteiger charge is -2.39. The quantitative estimate of drug-likeness (QED) is 0.130. The van der Waals surface area contributed by atoms with Gasteiger partial charge in [-0.15, -0.1) is 10.2 Å². The second-order valence-corrected chi connectivity index (χ2v) is 8.96. The molecular weight excluding hydrogens is 516 g/mol. The number of rotatable bonds is 11. The van der Waals surface area contributed by atoms with Crippen molar-refractivity contribution >= 4 is 0 Å². The second-order valence-electron chi connectivity index (χ2n) is 8.96. The molecule has 2 fully saturated rings. The molecule has 4 heterocycles. The lowest BCUT2D eigenvalue weighted by atomic mass is 9.99. The smallest absolute Gasteiger partial charge is 0.187 e. The number of ether oxygens (including phenoxy) is 4. The third kappa shape index (κ3) is 6.50. The van der Waals surface area contributed by atoms with Gasteiger partial charge in [0.15, 0.2) is 12.6 Å². The summed E-state index contributed by atoms with van der Waals surface area (Å²) in [5.74, 6) is 0. The summed E-state index contributed by atoms with van der Waals surface area (Å²) in [4.78, 5) is 0. The Labute approximate surface area is 215 Å². The molecule has 18 nitrogen and oxygen atoms in total. The molecule has 0 radical (unpaired) electrons. The number of aryl methyl sites for hydroxylation is 2. The minimum absolute atomic E-state index is 0.120. The summed E-state index contributed by atoms with van der Waals surface area (Å²) in [6.45, 7) is -0.667. The molecule has 2 aromatic heterocycles. The molecule has 38 heavy (non-hydrogen) atoms. The highest BCUT2D eigenvalue weighted by Gasteiger charge is 2.45. The Morgan fingerprint density at radius 2 is 1.03 bits per heavy atom. The van der Waals surface area contributed by atoms with Gasteiger partial charge in [0.05, 0.1) is 51.9 Å². The fourth-order valence-electron chi connectivity index (χ4n) is 3.98. The van der Waals surface area contributed by atoms with Crippen molar-refractivity contribution in [2.45, 2.75) is 87.7 Å². The molecule has 0 aliphatic carbocycles. The summed E-state index contributed by atoms with van der Waals surface area (Å²) in [5.41, 5.74) is 0.795. The van der Waals surface area contributed by atoms with Gasteiger partial charge in [-0.05, 0) is 0 Å². The van der Waals surface area contributed by atoms with E-state index in [4.69, 9.17) is 18.9 Å². The first kappa shape index (κ1) is 28.8. The second kappa shape index (κ2) is 12.8. The molecule has 2 aliphatic heterocycles. The van der Waals surface area contributed by atoms with Crippen LogP contribution in [0.15, 0.2) is 12.4 Å². The Morgan fingerprint density at radius 3 is 1.39 bits per heavy atom. The van der Waals surface area contributed by atoms with Crippen LogP contribution < -0.4 is 0 Å². The Kier molecular flexibility index (Phi) is 9.68. The lowest BCUT2D eigenvalue weighted by Crippen LogP contribution is -2.59. The van der Waals surface area contributed by atoms with Crippen molar-refractivity contribution in [2.75, 3.05) is 13.2 Å². The first-order valence-corrected chi connectivity index (χ1v) is 11.8. The van der Waals surface area contributed by atoms with Gasteiger partial charge in [0.25, 0.3) is 0 Å². The number of hydrogen-bond donors (Lipinski definition) is 8. The van der Waals surface area contributed by atoms with Crippen LogP contribution in [0.25, 0.3) is 0 Å². The zero-order valence-electron chi connectivity index (χ0n) is 20.1. The van der Waals surface area contributed by atoms with Crippen molar-refractivity contribution in [3.05, 3.63) is 23.8 Å². The average molecular weight is 549 g/mol. The molecule has 0 saturated carbocycles. The molecule has 2 saturated heterocycles. The fraction of sp³-hybridized carbons (Fsp3) is 0.800. The van der Waals surface area contributed by atoms with Gasteiger partial charge in [-0.1, -0.05) is 10.4 Å². The van der Waals surface area contributed by atoms with E-state index >= 15 is 0 Å². The van der Waals surface area contributed by atoms with E-state index in [-0.39, 0.29) is 13.2 Å². The van der Waals surface area contributed by atoms with Gasteiger partial charge in [-0.3, -0.25) is 9.36 Å². The van der Waals surface area contributed by atoms with Crippen molar-refractivity contribution in [1.82, 2.24) is 30.0 Å². The zero-order chi connectivity index (χ0) is 27.4. The van der Waals surface area contributed by atoms with E-state index in [2.05, 4.69) is 20.6 Å². The first-order chi connectivity index (χ1) is 18.2. The number of nitrogens with zero attached hydrogens (tertiary/aromatic N) is 6. The fourth-order valence-corrected chi connectivity index (χ4v) is 3.98. The molecule has 8 N–H and O–H groups in total. The van der Waals surface area contributed by atoms with Gasteiger partial charge < -0.3 is 59.8 Å². The topological polar surface area (TPSA) is 260 Å². The van der Waals surface area contributed by atoms with E-state index in [0.717, 1.165) is 0 Å². The predicted octanol–water partition coefficient (Wildman–Crippen LogP) is -5.80. The highest BCUT2D eigenvalue weighted by atomic mass is 16.7. The van der Waals surface area contributed by atoms with E-state index in [1.165, 1.54) is 9.36 Å². The molecular formula is C20H32N6O12. The van der Waals surface area contributed by atoms with Crippen LogP contribution in [0.1, 0.15) is 11.4 Å². The minimum Gasteiger partial charge on any atom is -0.394 e. The van der Waals surface area contributed by atoms with Crippen molar-refractivity contribution in [3.63, 3.8) is 0 Å². The molecule has 0 spiro atoms. The largest absolute Gasteiger partial charge is 0.394 e. The maximum atomic E-state index is 10.0. The van der Waals surface area contributed by atoms with Gasteiger partial charge in [-0.2, -0.15) is 0 Å². The Hall–Kier alpha value is -2.20. The van der Waals surface area contributed by atoms with Crippen molar-refractivity contribution in [3.8, 4) is 0 Å². The third-order valence-corrected chi connectivity index (χ3v) is 6.22. The van der Waals surface area contributed by atoms with E-state index in [1.807, 2.05) is 0 Å². The Balaban J connectivity index is 1.22. The molecule has 4 rings (SSSR count). The van der Waals surface area contributed by atoms with Crippen LogP contribution in [-0.4, -0.2) is 145 Å². The van der Waals surface area contributed by atoms with Crippen molar-refractivity contribution < 1.29 is 59.8 Å². The molecule has 10 atom stereocenters. The number of aliphatic hydroxyl groups excluding tert-OH is 8. The summed E-state index contributed by atoms with van der Waals surface area (Å²) < 4.78 is 24.5. The van der Waals surface area contributed by atoms with Crippen LogP contribution in [0.3, 0.4) is 0 Å². The summed E-state index contributed by atoms with van der Waals surface area (Å²) in [6.07, 6.45) is -10.6. The number of aromatic nitrogens is 6. The molecule has 0 bridgehead atoms. The highest BCUT2D eigenvalue weighted by Crippen LogP contribution is 2.23. The van der Waals surface area contributed by atoms with Crippen molar-refractivity contribution in [1.29, 1.82) is 0 Å². The molecule has 2 aromatic rings. The van der Waals surface area contributed by atoms with Crippen LogP contribution in [0.5, 0.6) is 0 Å². The maximum absolute atomic E-state index is 10.0. The molecule has 214 valence electrons. The minimum atomic E-state index is -1.54. The van der Waals surface area contributed by atoms with Crippen molar-refractivity contribution in [2.24, 2.45) is 0 Å². The SMILES string of the molecule is OC[C@H]1O[C@H](OCc2cn(CCn3cc(CO[C@@H]4O[C@H](CO)[C@@H](O)[C@H](O)[C@H]4O)nn3)nn2)[C@@H](O)[C@@H](O)[C@@H]1O. The van der Waals surface area contributed by atoms with Gasteiger partial charge in [0.1, 0.15) is 60.2 Å². The monoisotopic (exact) mass is 548 g/mol. The van der Waals surface area contributed by atoms with Crippen LogP contribution in [-0.2, 0) is 45.3 Å². The van der Waals surface area contributed by atoms with Crippen LogP contribution >= 0.6 is 0 Å². The summed E-state index contributed by atoms with van der Waals surface area (Å²) in [7, 11) is 0. The lowest BCUT2D eigenvalue weighted by molar-refractivity contribution is -0.304. The Morgan fingerprint density at radius 1 is 0.632 bits per heavy atom. The van der Waals surface area contributed by atoms with Gasteiger partial charge in [-0.25, -0.2) is 0 Å². The normalized spacial score (nSPS) is 36.0. The highest BCUT2D eigenvalue weighted by molar-refractivity contribution is 4.94. The van der Waals surface area contributed by atoms with Crippen LogP contribution in [0, 0.1) is 0 Å². The van der Waals surface area contributed by atoms with Crippen LogP contribution in [0.2, 0.25) is 0 Å². The van der Waals surface area contributed by atoms with Crippen LogP contribution in [0.4, 0.5) is 0 Å². The van der Waals surface area contributed by atoms with E-state index in [9.17, 15) is 40.9 Å². The molecule has 0 amide bonds. The van der Waals surface area contributed by atoms with Gasteiger partial charge in [0.2, 0.25) is 0 Å². The first-order valence-electron chi connectivity index (χ1n) is 11.8. The third-order valence-electron chi connectivity index (χ3n) is 6.22. The van der Waals surface area contributed by atoms with E-state index < -0.39 is 74.6 Å². The van der Waals surface area contributed by atoms with E-state index in [1.54, 1.807) is 12.4 Å². The standard InChI is InChI=1S/C20H32N6O12/c27-5-11-13(29)15(31)17(33)19(37-11)35-7-9-3-25(23-21-9)1-2-26-4-10(22-24-26)8-36-20-18(34)16(32)14(30)12(6-28)38-20/h3-4,11-20,27-34H,1-2,5-8H2/t11-,12-,13-,14-,15+,16+,17-,18+,19-,20+/m1/s1. The van der Waals surface area contributed by atoms with E-state index in [0.29, 0.717) is 24.5 Å². The molecule has 0 aromatic carbocycles. The number of hydrogen-bond acceptors (Lipinski definition) is 16. The Bertz CT molecular complexity index is 929. The summed E-state index contributed by atoms with van der Waals surface area (Å²) in [6, 6.07) is 0. The van der Waals surface area contributed by atoms with Gasteiger partial charge in [0, 0.05) is 0 Å².